The molecule has 5 heteroatoms. The van der Waals surface area contributed by atoms with E-state index in [4.69, 9.17) is 4.74 Å². The van der Waals surface area contributed by atoms with E-state index in [1.54, 1.807) is 6.92 Å². The molecule has 0 aromatic heterocycles. The Hall–Kier alpha value is -1.36. The number of carbonyl (C=O) groups excluding carboxylic acids is 2. The highest BCUT2D eigenvalue weighted by atomic mass is 16.6. The molecule has 0 N–H and O–H groups in total. The van der Waals surface area contributed by atoms with Crippen LogP contribution in [0.4, 0.5) is 0 Å². The van der Waals surface area contributed by atoms with Gasteiger partial charge in [-0.3, -0.25) is 4.79 Å². The SMILES string of the molecule is CCN1CCN(C(=O)C2=C(C)C(=O)OC23CCCCCC3)CC1. The predicted octanol–water partition coefficient (Wildman–Crippen LogP) is 2.12. The molecule has 2 fully saturated rings. The molecule has 0 unspecified atom stereocenters. The molecule has 128 valence electrons. The third kappa shape index (κ3) is 3.03. The van der Waals surface area contributed by atoms with E-state index in [0.717, 1.165) is 71.2 Å². The first-order chi connectivity index (χ1) is 11.1. The molecule has 0 aromatic carbocycles. The monoisotopic (exact) mass is 320 g/mol. The van der Waals surface area contributed by atoms with Crippen molar-refractivity contribution in [3.63, 3.8) is 0 Å². The van der Waals surface area contributed by atoms with E-state index in [2.05, 4.69) is 11.8 Å². The minimum atomic E-state index is -0.642. The Morgan fingerprint density at radius 2 is 1.70 bits per heavy atom. The van der Waals surface area contributed by atoms with Crippen LogP contribution in [-0.2, 0) is 14.3 Å². The maximum absolute atomic E-state index is 13.2. The van der Waals surface area contributed by atoms with Crippen molar-refractivity contribution in [1.29, 1.82) is 0 Å². The fraction of sp³-hybridized carbons (Fsp3) is 0.778. The molecule has 3 rings (SSSR count). The molecule has 0 atom stereocenters. The van der Waals surface area contributed by atoms with Gasteiger partial charge in [-0.1, -0.05) is 19.8 Å². The van der Waals surface area contributed by atoms with Gasteiger partial charge in [-0.15, -0.1) is 0 Å². The summed E-state index contributed by atoms with van der Waals surface area (Å²) >= 11 is 0. The lowest BCUT2D eigenvalue weighted by molar-refractivity contribution is -0.149. The van der Waals surface area contributed by atoms with Crippen LogP contribution >= 0.6 is 0 Å². The van der Waals surface area contributed by atoms with E-state index in [9.17, 15) is 9.59 Å². The highest BCUT2D eigenvalue weighted by molar-refractivity contribution is 6.07. The van der Waals surface area contributed by atoms with Crippen molar-refractivity contribution < 1.29 is 14.3 Å². The topological polar surface area (TPSA) is 49.9 Å². The number of carbonyl (C=O) groups is 2. The molecule has 1 aliphatic carbocycles. The lowest BCUT2D eigenvalue weighted by Crippen LogP contribution is -2.51. The van der Waals surface area contributed by atoms with Crippen LogP contribution < -0.4 is 0 Å². The molecule has 23 heavy (non-hydrogen) atoms. The third-order valence-electron chi connectivity index (χ3n) is 5.66. The zero-order valence-corrected chi connectivity index (χ0v) is 14.4. The van der Waals surface area contributed by atoms with Crippen molar-refractivity contribution in [2.24, 2.45) is 0 Å². The van der Waals surface area contributed by atoms with Crippen LogP contribution in [0.1, 0.15) is 52.4 Å². The molecule has 3 aliphatic rings. The quantitative estimate of drug-likeness (QED) is 0.731. The normalized spacial score (nSPS) is 25.7. The Labute approximate surface area is 138 Å². The highest BCUT2D eigenvalue weighted by Crippen LogP contribution is 2.43. The van der Waals surface area contributed by atoms with E-state index in [1.165, 1.54) is 0 Å². The average Bonchev–Trinajstić information content (AvgIpc) is 2.72. The van der Waals surface area contributed by atoms with Crippen LogP contribution in [0.3, 0.4) is 0 Å². The Balaban J connectivity index is 1.82. The van der Waals surface area contributed by atoms with E-state index >= 15 is 0 Å². The standard InChI is InChI=1S/C18H28N2O3/c1-3-19-10-12-20(13-11-19)16(21)15-14(2)17(22)23-18(15)8-6-4-5-7-9-18/h3-13H2,1-2H3. The molecule has 1 saturated carbocycles. The summed E-state index contributed by atoms with van der Waals surface area (Å²) in [5.41, 5.74) is 0.556. The van der Waals surface area contributed by atoms with E-state index in [-0.39, 0.29) is 11.9 Å². The summed E-state index contributed by atoms with van der Waals surface area (Å²) in [5.74, 6) is -0.256. The predicted molar refractivity (Wildman–Crippen MR) is 87.9 cm³/mol. The fourth-order valence-electron chi connectivity index (χ4n) is 4.18. The number of rotatable bonds is 2. The Kier molecular flexibility index (Phi) is 4.76. The number of esters is 1. The summed E-state index contributed by atoms with van der Waals surface area (Å²) in [5, 5.41) is 0. The van der Waals surface area contributed by atoms with Gasteiger partial charge in [-0.05, 0) is 39.2 Å². The number of likely N-dealkylation sites (N-methyl/N-ethyl adjacent to an activating group) is 1. The zero-order valence-electron chi connectivity index (χ0n) is 14.4. The van der Waals surface area contributed by atoms with Gasteiger partial charge in [0.2, 0.25) is 0 Å². The van der Waals surface area contributed by atoms with Gasteiger partial charge >= 0.3 is 5.97 Å². The van der Waals surface area contributed by atoms with Crippen LogP contribution in [0, 0.1) is 0 Å². The molecule has 1 saturated heterocycles. The molecule has 1 spiro atoms. The van der Waals surface area contributed by atoms with E-state index < -0.39 is 5.60 Å². The maximum Gasteiger partial charge on any atom is 0.335 e. The van der Waals surface area contributed by atoms with Crippen molar-refractivity contribution in [2.45, 2.75) is 58.0 Å². The van der Waals surface area contributed by atoms with Gasteiger partial charge in [-0.2, -0.15) is 0 Å². The average molecular weight is 320 g/mol. The van der Waals surface area contributed by atoms with Gasteiger partial charge in [0.05, 0.1) is 5.57 Å². The number of amides is 1. The van der Waals surface area contributed by atoms with Gasteiger partial charge < -0.3 is 14.5 Å². The molecule has 1 amide bonds. The zero-order chi connectivity index (χ0) is 16.4. The van der Waals surface area contributed by atoms with Crippen molar-refractivity contribution in [2.75, 3.05) is 32.7 Å². The van der Waals surface area contributed by atoms with Gasteiger partial charge in [0, 0.05) is 31.8 Å². The Bertz CT molecular complexity index is 510. The number of hydrogen-bond acceptors (Lipinski definition) is 4. The van der Waals surface area contributed by atoms with Crippen molar-refractivity contribution in [3.8, 4) is 0 Å². The summed E-state index contributed by atoms with van der Waals surface area (Å²) in [6.45, 7) is 8.25. The van der Waals surface area contributed by atoms with Gasteiger partial charge in [-0.25, -0.2) is 4.79 Å². The number of piperazine rings is 1. The maximum atomic E-state index is 13.2. The van der Waals surface area contributed by atoms with Crippen molar-refractivity contribution in [3.05, 3.63) is 11.1 Å². The second-order valence-electron chi connectivity index (χ2n) is 7.02. The number of nitrogens with zero attached hydrogens (tertiary/aromatic N) is 2. The first kappa shape index (κ1) is 16.5. The van der Waals surface area contributed by atoms with Crippen LogP contribution in [0.5, 0.6) is 0 Å². The molecule has 0 radical (unpaired) electrons. The van der Waals surface area contributed by atoms with Gasteiger partial charge in [0.1, 0.15) is 5.60 Å². The van der Waals surface area contributed by atoms with E-state index in [0.29, 0.717) is 11.1 Å². The molecule has 5 nitrogen and oxygen atoms in total. The second kappa shape index (κ2) is 6.63. The molecule has 0 aromatic rings. The minimum absolute atomic E-state index is 0.0333. The summed E-state index contributed by atoms with van der Waals surface area (Å²) in [6.07, 6.45) is 5.98. The molecule has 0 bridgehead atoms. The van der Waals surface area contributed by atoms with Crippen LogP contribution in [0.25, 0.3) is 0 Å². The Morgan fingerprint density at radius 1 is 1.09 bits per heavy atom. The van der Waals surface area contributed by atoms with Crippen molar-refractivity contribution in [1.82, 2.24) is 9.80 Å². The van der Waals surface area contributed by atoms with Gasteiger partial charge in [0.25, 0.3) is 5.91 Å². The van der Waals surface area contributed by atoms with Crippen LogP contribution in [0.15, 0.2) is 11.1 Å². The summed E-state index contributed by atoms with van der Waals surface area (Å²) in [6, 6.07) is 0. The first-order valence-corrected chi connectivity index (χ1v) is 9.04. The number of hydrogen-bond donors (Lipinski definition) is 0. The summed E-state index contributed by atoms with van der Waals surface area (Å²) < 4.78 is 5.78. The van der Waals surface area contributed by atoms with Gasteiger partial charge in [0.15, 0.2) is 0 Å². The largest absolute Gasteiger partial charge is 0.451 e. The minimum Gasteiger partial charge on any atom is -0.451 e. The lowest BCUT2D eigenvalue weighted by atomic mass is 9.84. The first-order valence-electron chi connectivity index (χ1n) is 9.04. The Morgan fingerprint density at radius 3 is 2.26 bits per heavy atom. The van der Waals surface area contributed by atoms with Crippen LogP contribution in [0.2, 0.25) is 0 Å². The molecular formula is C18H28N2O3. The second-order valence-corrected chi connectivity index (χ2v) is 7.02. The number of ether oxygens (including phenoxy) is 1. The highest BCUT2D eigenvalue weighted by Gasteiger charge is 2.50. The summed E-state index contributed by atoms with van der Waals surface area (Å²) in [4.78, 5) is 29.6. The van der Waals surface area contributed by atoms with E-state index in [1.807, 2.05) is 4.90 Å². The van der Waals surface area contributed by atoms with Crippen molar-refractivity contribution >= 4 is 11.9 Å². The summed E-state index contributed by atoms with van der Waals surface area (Å²) in [7, 11) is 0. The van der Waals surface area contributed by atoms with Crippen LogP contribution in [-0.4, -0.2) is 60.0 Å². The fourth-order valence-corrected chi connectivity index (χ4v) is 4.18. The molecule has 2 heterocycles. The third-order valence-corrected chi connectivity index (χ3v) is 5.66. The smallest absolute Gasteiger partial charge is 0.335 e. The lowest BCUT2D eigenvalue weighted by Gasteiger charge is -2.37. The molecular weight excluding hydrogens is 292 g/mol. The molecule has 2 aliphatic heterocycles.